The van der Waals surface area contributed by atoms with Crippen LogP contribution in [0, 0.1) is 18.8 Å². The number of fused-ring (bicyclic) bond motifs is 1. The smallest absolute Gasteiger partial charge is 0.348 e. The van der Waals surface area contributed by atoms with Gasteiger partial charge < -0.3 is 15.2 Å². The first kappa shape index (κ1) is 19.1. The molecule has 25 heavy (non-hydrogen) atoms. The first-order valence-electron chi connectivity index (χ1n) is 8.12. The Balaban J connectivity index is 2.41. The van der Waals surface area contributed by atoms with Crippen molar-refractivity contribution in [1.82, 2.24) is 9.97 Å². The van der Waals surface area contributed by atoms with Crippen molar-refractivity contribution in [1.29, 1.82) is 0 Å². The number of hydrogen-bond donors (Lipinski definition) is 2. The number of ether oxygens (including phenoxy) is 1. The normalized spacial score (nSPS) is 12.6. The maximum Gasteiger partial charge on any atom is 0.348 e. The van der Waals surface area contributed by atoms with E-state index in [1.165, 1.54) is 17.7 Å². The fourth-order valence-electron chi connectivity index (χ4n) is 2.34. The molecule has 1 unspecified atom stereocenters. The van der Waals surface area contributed by atoms with E-state index in [-0.39, 0.29) is 11.8 Å². The summed E-state index contributed by atoms with van der Waals surface area (Å²) in [6.45, 7) is 9.72. The van der Waals surface area contributed by atoms with Gasteiger partial charge in [-0.25, -0.2) is 19.6 Å². The van der Waals surface area contributed by atoms with Gasteiger partial charge in [0.1, 0.15) is 27.9 Å². The molecular weight excluding hydrogens is 342 g/mol. The molecule has 0 aromatic carbocycles. The molecule has 1 atom stereocenters. The number of rotatable bonds is 7. The van der Waals surface area contributed by atoms with Crippen molar-refractivity contribution in [2.75, 3.05) is 11.9 Å². The molecule has 0 aliphatic rings. The topological polar surface area (TPSA) is 101 Å². The molecule has 0 aliphatic heterocycles. The Morgan fingerprint density at radius 1 is 1.28 bits per heavy atom. The summed E-state index contributed by atoms with van der Waals surface area (Å²) >= 11 is 1.23. The molecule has 0 amide bonds. The van der Waals surface area contributed by atoms with Crippen LogP contribution in [0.2, 0.25) is 0 Å². The Labute approximate surface area is 150 Å². The highest BCUT2D eigenvalue weighted by Gasteiger charge is 2.25. The number of anilines is 1. The molecule has 2 rings (SSSR count). The molecule has 2 aromatic heterocycles. The lowest BCUT2D eigenvalue weighted by Crippen LogP contribution is -2.34. The summed E-state index contributed by atoms with van der Waals surface area (Å²) in [4.78, 5) is 33.3. The zero-order valence-corrected chi connectivity index (χ0v) is 15.8. The number of nitrogens with one attached hydrogen (secondary N) is 1. The zero-order chi connectivity index (χ0) is 18.7. The number of thiophene rings is 1. The molecule has 0 fully saturated rings. The molecule has 7 nitrogen and oxygen atoms in total. The minimum atomic E-state index is -0.953. The van der Waals surface area contributed by atoms with E-state index in [9.17, 15) is 14.7 Å². The Morgan fingerprint density at radius 3 is 2.52 bits per heavy atom. The van der Waals surface area contributed by atoms with Crippen LogP contribution in [0.15, 0.2) is 6.33 Å². The lowest BCUT2D eigenvalue weighted by Gasteiger charge is -2.19. The van der Waals surface area contributed by atoms with Crippen LogP contribution < -0.4 is 5.32 Å². The van der Waals surface area contributed by atoms with Crippen molar-refractivity contribution in [2.45, 2.75) is 40.7 Å². The van der Waals surface area contributed by atoms with E-state index >= 15 is 0 Å². The SMILES string of the molecule is Cc1c(C(=O)OCC(C)C)sc2ncnc(NC(C(=O)O)C(C)C)c12. The summed E-state index contributed by atoms with van der Waals surface area (Å²) in [5, 5.41) is 13.0. The van der Waals surface area contributed by atoms with E-state index in [2.05, 4.69) is 15.3 Å². The van der Waals surface area contributed by atoms with Crippen LogP contribution in [0.25, 0.3) is 10.2 Å². The van der Waals surface area contributed by atoms with Crippen LogP contribution in [-0.2, 0) is 9.53 Å². The number of carbonyl (C=O) groups excluding carboxylic acids is 1. The minimum Gasteiger partial charge on any atom is -0.480 e. The second kappa shape index (κ2) is 7.77. The van der Waals surface area contributed by atoms with E-state index in [1.54, 1.807) is 6.92 Å². The van der Waals surface area contributed by atoms with Gasteiger partial charge in [-0.05, 0) is 24.3 Å². The monoisotopic (exact) mass is 365 g/mol. The van der Waals surface area contributed by atoms with Gasteiger partial charge in [0.25, 0.3) is 0 Å². The van der Waals surface area contributed by atoms with Gasteiger partial charge in [-0.15, -0.1) is 11.3 Å². The second-order valence-corrected chi connectivity index (χ2v) is 7.65. The maximum absolute atomic E-state index is 12.3. The molecule has 136 valence electrons. The summed E-state index contributed by atoms with van der Waals surface area (Å²) < 4.78 is 5.31. The summed E-state index contributed by atoms with van der Waals surface area (Å²) in [5.74, 6) is -0.803. The number of aryl methyl sites for hydroxylation is 1. The van der Waals surface area contributed by atoms with E-state index in [0.717, 1.165) is 0 Å². The van der Waals surface area contributed by atoms with Gasteiger partial charge in [-0.2, -0.15) is 0 Å². The summed E-state index contributed by atoms with van der Waals surface area (Å²) in [7, 11) is 0. The Kier molecular flexibility index (Phi) is 5.94. The number of aromatic nitrogens is 2. The number of carbonyl (C=O) groups is 2. The highest BCUT2D eigenvalue weighted by Crippen LogP contribution is 2.34. The van der Waals surface area contributed by atoms with Crippen molar-refractivity contribution >= 4 is 39.3 Å². The van der Waals surface area contributed by atoms with Crippen LogP contribution in [-0.4, -0.2) is 39.7 Å². The fraction of sp³-hybridized carbons (Fsp3) is 0.529. The van der Waals surface area contributed by atoms with Crippen molar-refractivity contribution in [3.05, 3.63) is 16.8 Å². The third-order valence-corrected chi connectivity index (χ3v) is 4.86. The van der Waals surface area contributed by atoms with E-state index < -0.39 is 18.0 Å². The minimum absolute atomic E-state index is 0.128. The molecule has 2 N–H and O–H groups in total. The Hall–Kier alpha value is -2.22. The molecule has 0 aliphatic carbocycles. The van der Waals surface area contributed by atoms with E-state index in [0.29, 0.717) is 33.1 Å². The molecule has 0 saturated heterocycles. The number of nitrogens with zero attached hydrogens (tertiary/aromatic N) is 2. The lowest BCUT2D eigenvalue weighted by atomic mass is 10.0. The van der Waals surface area contributed by atoms with Crippen molar-refractivity contribution in [3.8, 4) is 0 Å². The number of carboxylic acid groups (broad SMARTS) is 1. The quantitative estimate of drug-likeness (QED) is 0.726. The molecule has 0 spiro atoms. The number of aliphatic carboxylic acids is 1. The predicted molar refractivity (Wildman–Crippen MR) is 97.2 cm³/mol. The highest BCUT2D eigenvalue weighted by molar-refractivity contribution is 7.20. The van der Waals surface area contributed by atoms with Crippen molar-refractivity contribution in [2.24, 2.45) is 11.8 Å². The van der Waals surface area contributed by atoms with Crippen LogP contribution in [0.5, 0.6) is 0 Å². The largest absolute Gasteiger partial charge is 0.480 e. The zero-order valence-electron chi connectivity index (χ0n) is 15.0. The third kappa shape index (κ3) is 4.25. The van der Waals surface area contributed by atoms with Crippen LogP contribution in [0.3, 0.4) is 0 Å². The summed E-state index contributed by atoms with van der Waals surface area (Å²) in [5.41, 5.74) is 0.699. The molecule has 0 saturated carbocycles. The van der Waals surface area contributed by atoms with Gasteiger partial charge in [0.2, 0.25) is 0 Å². The number of hydrogen-bond acceptors (Lipinski definition) is 7. The lowest BCUT2D eigenvalue weighted by molar-refractivity contribution is -0.138. The first-order chi connectivity index (χ1) is 11.7. The average molecular weight is 365 g/mol. The molecule has 0 bridgehead atoms. The van der Waals surface area contributed by atoms with E-state index in [4.69, 9.17) is 4.74 Å². The van der Waals surface area contributed by atoms with Crippen LogP contribution in [0.1, 0.15) is 42.9 Å². The molecule has 8 heteroatoms. The van der Waals surface area contributed by atoms with Crippen molar-refractivity contribution < 1.29 is 19.4 Å². The van der Waals surface area contributed by atoms with Crippen LogP contribution >= 0.6 is 11.3 Å². The van der Waals surface area contributed by atoms with Gasteiger partial charge in [-0.3, -0.25) is 0 Å². The van der Waals surface area contributed by atoms with Gasteiger partial charge in [0, 0.05) is 0 Å². The maximum atomic E-state index is 12.3. The highest BCUT2D eigenvalue weighted by atomic mass is 32.1. The van der Waals surface area contributed by atoms with E-state index in [1.807, 2.05) is 27.7 Å². The first-order valence-corrected chi connectivity index (χ1v) is 8.94. The second-order valence-electron chi connectivity index (χ2n) is 6.66. The van der Waals surface area contributed by atoms with Crippen molar-refractivity contribution in [3.63, 3.8) is 0 Å². The number of esters is 1. The summed E-state index contributed by atoms with van der Waals surface area (Å²) in [6.07, 6.45) is 1.36. The van der Waals surface area contributed by atoms with Gasteiger partial charge in [0.05, 0.1) is 12.0 Å². The van der Waals surface area contributed by atoms with Gasteiger partial charge in [0.15, 0.2) is 0 Å². The Morgan fingerprint density at radius 2 is 1.96 bits per heavy atom. The van der Waals surface area contributed by atoms with Crippen LogP contribution in [0.4, 0.5) is 5.82 Å². The average Bonchev–Trinajstić information content (AvgIpc) is 2.87. The molecule has 0 radical (unpaired) electrons. The molecular formula is C17H23N3O4S. The Bertz CT molecular complexity index is 786. The number of carboxylic acids is 1. The molecule has 2 aromatic rings. The third-order valence-electron chi connectivity index (χ3n) is 3.68. The van der Waals surface area contributed by atoms with Gasteiger partial charge in [-0.1, -0.05) is 27.7 Å². The standard InChI is InChI=1S/C17H23N3O4S/c1-8(2)6-24-17(23)13-10(5)11-14(18-7-19-15(11)25-13)20-12(9(3)4)16(21)22/h7-9,12H,6H2,1-5H3,(H,21,22)(H,18,19,20). The van der Waals surface area contributed by atoms with Gasteiger partial charge >= 0.3 is 11.9 Å². The summed E-state index contributed by atoms with van der Waals surface area (Å²) in [6, 6.07) is -0.784. The predicted octanol–water partition coefficient (Wildman–Crippen LogP) is 3.33. The fourth-order valence-corrected chi connectivity index (χ4v) is 3.39. The molecule has 2 heterocycles.